The molecule has 0 saturated heterocycles. The molecular formula is C37H30Cl2N2O5S2. The molecule has 0 unspecified atom stereocenters. The van der Waals surface area contributed by atoms with Crippen LogP contribution in [0.15, 0.2) is 111 Å². The predicted octanol–water partition coefficient (Wildman–Crippen LogP) is 7.55. The topological polar surface area (TPSA) is 79.1 Å². The van der Waals surface area contributed by atoms with Crippen LogP contribution in [-0.2, 0) is 16.1 Å². The molecule has 0 radical (unpaired) electrons. The van der Waals surface area contributed by atoms with Crippen molar-refractivity contribution in [2.24, 2.45) is 4.99 Å². The maximum atomic E-state index is 14.4. The summed E-state index contributed by atoms with van der Waals surface area (Å²) in [6.45, 7) is 2.12. The van der Waals surface area contributed by atoms with Crippen molar-refractivity contribution in [2.45, 2.75) is 24.5 Å². The fraction of sp³-hybridized carbons (Fsp3) is 0.162. The zero-order chi connectivity index (χ0) is 33.8. The van der Waals surface area contributed by atoms with Crippen LogP contribution in [0.25, 0.3) is 11.8 Å². The Labute approximate surface area is 295 Å². The lowest BCUT2D eigenvalue weighted by Gasteiger charge is -2.26. The van der Waals surface area contributed by atoms with Crippen molar-refractivity contribution in [3.63, 3.8) is 0 Å². The Bertz CT molecular complexity index is 2200. The van der Waals surface area contributed by atoms with Gasteiger partial charge in [-0.2, -0.15) is 0 Å². The number of carbonyl (C=O) groups is 1. The number of fused-ring (bicyclic) bond motifs is 1. The van der Waals surface area contributed by atoms with Gasteiger partial charge in [0.1, 0.15) is 6.61 Å². The minimum atomic E-state index is -0.774. The first kappa shape index (κ1) is 33.6. The molecule has 1 aliphatic heterocycles. The number of esters is 1. The highest BCUT2D eigenvalue weighted by Gasteiger charge is 2.35. The fourth-order valence-electron chi connectivity index (χ4n) is 5.43. The average Bonchev–Trinajstić information content (AvgIpc) is 3.42. The SMILES string of the molecule is CCOC(=O)C1=C(c2ccccc2)N=c2s/c(=C\c3cccc(OC)c3OCc3ccc(Cl)c(Cl)c3)c(=O)n2[C@@H]1c1ccc(SC)cc1. The summed E-state index contributed by atoms with van der Waals surface area (Å²) < 4.78 is 19.5. The zero-order valence-electron chi connectivity index (χ0n) is 26.2. The van der Waals surface area contributed by atoms with Gasteiger partial charge in [0.05, 0.1) is 45.6 Å². The number of hydrogen-bond donors (Lipinski definition) is 0. The Morgan fingerprint density at radius 1 is 1.00 bits per heavy atom. The first-order valence-electron chi connectivity index (χ1n) is 15.0. The van der Waals surface area contributed by atoms with E-state index in [1.54, 1.807) is 54.6 Å². The number of halogens is 2. The number of hydrogen-bond acceptors (Lipinski definition) is 8. The van der Waals surface area contributed by atoms with Crippen molar-refractivity contribution < 1.29 is 19.0 Å². The Morgan fingerprint density at radius 3 is 2.46 bits per heavy atom. The number of nitrogens with zero attached hydrogens (tertiary/aromatic N) is 2. The number of para-hydroxylation sites is 1. The van der Waals surface area contributed by atoms with Crippen LogP contribution in [0.2, 0.25) is 10.0 Å². The normalized spacial score (nSPS) is 14.4. The van der Waals surface area contributed by atoms with Crippen LogP contribution in [0.4, 0.5) is 0 Å². The molecule has 6 rings (SSSR count). The lowest BCUT2D eigenvalue weighted by Crippen LogP contribution is -2.40. The van der Waals surface area contributed by atoms with Crippen molar-refractivity contribution in [1.29, 1.82) is 0 Å². The summed E-state index contributed by atoms with van der Waals surface area (Å²) in [5.41, 5.74) is 3.42. The van der Waals surface area contributed by atoms with Gasteiger partial charge in [-0.15, -0.1) is 11.8 Å². The molecule has 0 aliphatic carbocycles. The fourth-order valence-corrected chi connectivity index (χ4v) is 7.15. The van der Waals surface area contributed by atoms with E-state index in [0.717, 1.165) is 21.6 Å². The maximum absolute atomic E-state index is 14.4. The van der Waals surface area contributed by atoms with Crippen LogP contribution in [0.5, 0.6) is 11.5 Å². The Hall–Kier alpha value is -4.28. The zero-order valence-corrected chi connectivity index (χ0v) is 29.4. The highest BCUT2D eigenvalue weighted by Crippen LogP contribution is 2.36. The molecule has 0 fully saturated rings. The van der Waals surface area contributed by atoms with Crippen LogP contribution in [0, 0.1) is 0 Å². The van der Waals surface area contributed by atoms with E-state index in [1.165, 1.54) is 11.3 Å². The molecule has 11 heteroatoms. The van der Waals surface area contributed by atoms with Gasteiger partial charge in [-0.05, 0) is 60.7 Å². The van der Waals surface area contributed by atoms with E-state index < -0.39 is 12.0 Å². The Balaban J connectivity index is 1.54. The molecular weight excluding hydrogens is 687 g/mol. The molecule has 7 nitrogen and oxygen atoms in total. The number of benzene rings is 4. The lowest BCUT2D eigenvalue weighted by atomic mass is 9.93. The Morgan fingerprint density at radius 2 is 1.77 bits per heavy atom. The monoisotopic (exact) mass is 716 g/mol. The number of ether oxygens (including phenoxy) is 3. The number of methoxy groups -OCH3 is 1. The van der Waals surface area contributed by atoms with Gasteiger partial charge in [0.2, 0.25) is 0 Å². The molecule has 0 spiro atoms. The summed E-state index contributed by atoms with van der Waals surface area (Å²) in [4.78, 5) is 34.6. The predicted molar refractivity (Wildman–Crippen MR) is 193 cm³/mol. The molecule has 0 saturated carbocycles. The van der Waals surface area contributed by atoms with Gasteiger partial charge in [0.15, 0.2) is 16.3 Å². The molecule has 0 N–H and O–H groups in total. The standard InChI is InChI=1S/C37H30Cl2N2O5S2/c1-4-45-36(43)31-32(23-9-6-5-7-10-23)40-37-41(33(31)24-14-16-26(47-3)17-15-24)35(42)30(48-37)20-25-11-8-12-29(44-2)34(25)46-21-22-13-18-27(38)28(39)19-22/h5-20,33H,4,21H2,1-3H3/b30-20-/t33-/m1/s1. The second-order valence-corrected chi connectivity index (χ2v) is 13.3. The van der Waals surface area contributed by atoms with Crippen LogP contribution >= 0.6 is 46.3 Å². The van der Waals surface area contributed by atoms with Crippen LogP contribution in [0.3, 0.4) is 0 Å². The summed E-state index contributed by atoms with van der Waals surface area (Å²) >= 11 is 15.2. The molecule has 0 bridgehead atoms. The van der Waals surface area contributed by atoms with E-state index >= 15 is 0 Å². The first-order valence-corrected chi connectivity index (χ1v) is 17.8. The van der Waals surface area contributed by atoms with Crippen molar-refractivity contribution in [3.8, 4) is 11.5 Å². The average molecular weight is 718 g/mol. The highest BCUT2D eigenvalue weighted by molar-refractivity contribution is 7.98. The van der Waals surface area contributed by atoms with Crippen LogP contribution < -0.4 is 24.4 Å². The van der Waals surface area contributed by atoms with Gasteiger partial charge in [0.25, 0.3) is 5.56 Å². The summed E-state index contributed by atoms with van der Waals surface area (Å²) in [6, 6.07) is 27.3. The van der Waals surface area contributed by atoms with Crippen molar-refractivity contribution >= 4 is 64.0 Å². The number of thiazole rings is 1. The van der Waals surface area contributed by atoms with Gasteiger partial charge in [0, 0.05) is 16.0 Å². The van der Waals surface area contributed by atoms with Crippen molar-refractivity contribution in [1.82, 2.24) is 4.57 Å². The molecule has 2 heterocycles. The van der Waals surface area contributed by atoms with E-state index in [-0.39, 0.29) is 18.8 Å². The number of rotatable bonds is 10. The minimum absolute atomic E-state index is 0.174. The second-order valence-electron chi connectivity index (χ2n) is 10.6. The van der Waals surface area contributed by atoms with Crippen LogP contribution in [-0.4, -0.2) is 30.5 Å². The van der Waals surface area contributed by atoms with Gasteiger partial charge in [-0.3, -0.25) is 9.36 Å². The van der Waals surface area contributed by atoms with Crippen molar-refractivity contribution in [2.75, 3.05) is 20.0 Å². The van der Waals surface area contributed by atoms with E-state index in [4.69, 9.17) is 42.4 Å². The summed E-state index contributed by atoms with van der Waals surface area (Å²) in [5.74, 6) is 0.428. The number of carbonyl (C=O) groups excluding carboxylic acids is 1. The quantitative estimate of drug-likeness (QED) is 0.110. The summed E-state index contributed by atoms with van der Waals surface area (Å²) in [7, 11) is 1.56. The minimum Gasteiger partial charge on any atom is -0.493 e. The van der Waals surface area contributed by atoms with E-state index in [9.17, 15) is 9.59 Å². The smallest absolute Gasteiger partial charge is 0.338 e. The Kier molecular flexibility index (Phi) is 10.4. The van der Waals surface area contributed by atoms with Gasteiger partial charge >= 0.3 is 5.97 Å². The molecule has 1 aliphatic rings. The molecule has 5 aromatic rings. The summed E-state index contributed by atoms with van der Waals surface area (Å²) in [6.07, 6.45) is 3.76. The molecule has 1 atom stereocenters. The molecule has 1 aromatic heterocycles. The number of thioether (sulfide) groups is 1. The van der Waals surface area contributed by atoms with E-state index in [0.29, 0.717) is 47.7 Å². The van der Waals surface area contributed by atoms with Gasteiger partial charge < -0.3 is 14.2 Å². The first-order chi connectivity index (χ1) is 23.3. The molecule has 4 aromatic carbocycles. The largest absolute Gasteiger partial charge is 0.493 e. The second kappa shape index (κ2) is 14.9. The third kappa shape index (κ3) is 6.82. The third-order valence-corrected chi connectivity index (χ3v) is 10.2. The lowest BCUT2D eigenvalue weighted by molar-refractivity contribution is -0.138. The number of aromatic nitrogens is 1. The van der Waals surface area contributed by atoms with E-state index in [1.807, 2.05) is 79.1 Å². The highest BCUT2D eigenvalue weighted by atomic mass is 35.5. The van der Waals surface area contributed by atoms with Gasteiger partial charge in [-0.25, -0.2) is 9.79 Å². The summed E-state index contributed by atoms with van der Waals surface area (Å²) in [5, 5.41) is 0.877. The third-order valence-electron chi connectivity index (χ3n) is 7.69. The molecule has 48 heavy (non-hydrogen) atoms. The maximum Gasteiger partial charge on any atom is 0.338 e. The van der Waals surface area contributed by atoms with Crippen molar-refractivity contribution in [3.05, 3.63) is 149 Å². The van der Waals surface area contributed by atoms with Gasteiger partial charge in [-0.1, -0.05) is 95.2 Å². The van der Waals surface area contributed by atoms with E-state index in [2.05, 4.69) is 0 Å². The molecule has 0 amide bonds. The van der Waals surface area contributed by atoms with Crippen LogP contribution in [0.1, 0.15) is 35.2 Å². The molecule has 244 valence electrons.